The van der Waals surface area contributed by atoms with E-state index in [4.69, 9.17) is 14.2 Å². The zero-order chi connectivity index (χ0) is 27.4. The van der Waals surface area contributed by atoms with Crippen molar-refractivity contribution in [2.75, 3.05) is 31.0 Å². The second-order valence-corrected chi connectivity index (χ2v) is 9.07. The van der Waals surface area contributed by atoms with Crippen molar-refractivity contribution >= 4 is 23.2 Å². The van der Waals surface area contributed by atoms with Crippen LogP contribution in [0.15, 0.2) is 97.1 Å². The van der Waals surface area contributed by atoms with E-state index in [-0.39, 0.29) is 11.8 Å². The minimum absolute atomic E-state index is 0.185. The first kappa shape index (κ1) is 25.9. The van der Waals surface area contributed by atoms with E-state index in [1.807, 2.05) is 97.9 Å². The van der Waals surface area contributed by atoms with E-state index >= 15 is 0 Å². The Morgan fingerprint density at radius 1 is 0.821 bits per heavy atom. The first-order chi connectivity index (χ1) is 19.0. The average molecular weight is 523 g/mol. The largest absolute Gasteiger partial charge is 0.497 e. The summed E-state index contributed by atoms with van der Waals surface area (Å²) in [6, 6.07) is 28.8. The fourth-order valence-electron chi connectivity index (χ4n) is 5.05. The van der Waals surface area contributed by atoms with Gasteiger partial charge in [0.2, 0.25) is 5.91 Å². The third-order valence-electron chi connectivity index (χ3n) is 6.87. The lowest BCUT2D eigenvalue weighted by Crippen LogP contribution is -2.46. The maximum Gasteiger partial charge on any atom is 0.259 e. The summed E-state index contributed by atoms with van der Waals surface area (Å²) in [6.45, 7) is 2.36. The van der Waals surface area contributed by atoms with Gasteiger partial charge in [-0.25, -0.2) is 0 Å². The highest BCUT2D eigenvalue weighted by molar-refractivity contribution is 6.12. The molecule has 0 fully saturated rings. The van der Waals surface area contributed by atoms with Crippen molar-refractivity contribution in [3.63, 3.8) is 0 Å². The summed E-state index contributed by atoms with van der Waals surface area (Å²) >= 11 is 0. The average Bonchev–Trinajstić information content (AvgIpc) is 2.98. The SMILES string of the molecule is CCOc1ccccc1NC(=O)[C@H]1c2ccccc2C(=O)N(c2ccc(OC)cc2)[C@H]1c1ccc(OC)cc1. The van der Waals surface area contributed by atoms with Gasteiger partial charge in [-0.2, -0.15) is 0 Å². The minimum atomic E-state index is -0.718. The summed E-state index contributed by atoms with van der Waals surface area (Å²) in [5.74, 6) is 0.790. The van der Waals surface area contributed by atoms with Gasteiger partial charge in [-0.05, 0) is 72.6 Å². The summed E-state index contributed by atoms with van der Waals surface area (Å²) < 4.78 is 16.5. The van der Waals surface area contributed by atoms with Crippen molar-refractivity contribution in [3.05, 3.63) is 114 Å². The summed E-state index contributed by atoms with van der Waals surface area (Å²) in [7, 11) is 3.20. The van der Waals surface area contributed by atoms with Gasteiger partial charge in [0, 0.05) is 11.3 Å². The van der Waals surface area contributed by atoms with Crippen LogP contribution in [0.4, 0.5) is 11.4 Å². The second-order valence-electron chi connectivity index (χ2n) is 9.07. The van der Waals surface area contributed by atoms with Crippen molar-refractivity contribution in [3.8, 4) is 17.2 Å². The van der Waals surface area contributed by atoms with Crippen molar-refractivity contribution < 1.29 is 23.8 Å². The Balaban J connectivity index is 1.67. The number of nitrogens with one attached hydrogen (secondary N) is 1. The molecule has 0 radical (unpaired) electrons. The molecule has 1 aliphatic rings. The Hall–Kier alpha value is -4.78. The van der Waals surface area contributed by atoms with Gasteiger partial charge in [-0.15, -0.1) is 0 Å². The predicted molar refractivity (Wildman–Crippen MR) is 151 cm³/mol. The number of hydrogen-bond donors (Lipinski definition) is 1. The quantitative estimate of drug-likeness (QED) is 0.297. The monoisotopic (exact) mass is 522 g/mol. The fourth-order valence-corrected chi connectivity index (χ4v) is 5.05. The molecule has 0 bridgehead atoms. The van der Waals surface area contributed by atoms with Gasteiger partial charge in [-0.3, -0.25) is 14.5 Å². The van der Waals surface area contributed by atoms with Crippen LogP contribution in [0.1, 0.15) is 40.4 Å². The van der Waals surface area contributed by atoms with Gasteiger partial charge in [-0.1, -0.05) is 42.5 Å². The van der Waals surface area contributed by atoms with Crippen molar-refractivity contribution in [2.24, 2.45) is 0 Å². The highest BCUT2D eigenvalue weighted by Crippen LogP contribution is 2.46. The number of anilines is 2. The normalized spacial score (nSPS) is 16.3. The molecule has 4 aromatic rings. The maximum absolute atomic E-state index is 14.2. The number of rotatable bonds is 8. The molecule has 5 rings (SSSR count). The number of fused-ring (bicyclic) bond motifs is 1. The minimum Gasteiger partial charge on any atom is -0.497 e. The number of carbonyl (C=O) groups is 2. The second kappa shape index (κ2) is 11.3. The van der Waals surface area contributed by atoms with Gasteiger partial charge >= 0.3 is 0 Å². The molecule has 1 N–H and O–H groups in total. The van der Waals surface area contributed by atoms with Crippen LogP contribution in [0.5, 0.6) is 17.2 Å². The van der Waals surface area contributed by atoms with Crippen LogP contribution in [0.2, 0.25) is 0 Å². The Kier molecular flexibility index (Phi) is 7.50. The molecule has 0 saturated heterocycles. The van der Waals surface area contributed by atoms with Crippen LogP contribution in [0.3, 0.4) is 0 Å². The zero-order valence-electron chi connectivity index (χ0n) is 22.1. The standard InChI is InChI=1S/C32H30N2O5/c1-4-39-28-12-8-7-11-27(28)33-31(35)29-25-9-5-6-10-26(25)32(36)34(22-15-19-24(38-3)20-16-22)30(29)21-13-17-23(37-2)18-14-21/h5-20,29-30H,4H2,1-3H3,(H,33,35)/t29-,30-/m0/s1. The molecule has 2 atom stereocenters. The fraction of sp³-hybridized carbons (Fsp3) is 0.188. The molecule has 2 amide bonds. The molecule has 1 aliphatic heterocycles. The number of carbonyl (C=O) groups excluding carboxylic acids is 2. The van der Waals surface area contributed by atoms with Crippen LogP contribution in [-0.4, -0.2) is 32.6 Å². The lowest BCUT2D eigenvalue weighted by atomic mass is 9.78. The molecular weight excluding hydrogens is 492 g/mol. The molecule has 198 valence electrons. The van der Waals surface area contributed by atoms with E-state index in [1.165, 1.54) is 0 Å². The molecule has 0 aromatic heterocycles. The molecule has 39 heavy (non-hydrogen) atoms. The highest BCUT2D eigenvalue weighted by Gasteiger charge is 2.45. The van der Waals surface area contributed by atoms with E-state index < -0.39 is 12.0 Å². The summed E-state index contributed by atoms with van der Waals surface area (Å²) in [5.41, 5.74) is 3.18. The molecular formula is C32H30N2O5. The maximum atomic E-state index is 14.2. The summed E-state index contributed by atoms with van der Waals surface area (Å²) in [5, 5.41) is 3.09. The Labute approximate surface area is 227 Å². The third-order valence-corrected chi connectivity index (χ3v) is 6.87. The van der Waals surface area contributed by atoms with Crippen molar-refractivity contribution in [1.82, 2.24) is 0 Å². The lowest BCUT2D eigenvalue weighted by Gasteiger charge is -2.42. The number of ether oxygens (including phenoxy) is 3. The van der Waals surface area contributed by atoms with Crippen LogP contribution < -0.4 is 24.4 Å². The van der Waals surface area contributed by atoms with E-state index in [2.05, 4.69) is 5.32 Å². The van der Waals surface area contributed by atoms with Crippen LogP contribution >= 0.6 is 0 Å². The third kappa shape index (κ3) is 5.03. The molecule has 4 aromatic carbocycles. The summed E-state index contributed by atoms with van der Waals surface area (Å²) in [6.07, 6.45) is 0. The van der Waals surface area contributed by atoms with Gasteiger partial charge in [0.05, 0.1) is 38.5 Å². The Morgan fingerprint density at radius 3 is 2.10 bits per heavy atom. The number of benzene rings is 4. The van der Waals surface area contributed by atoms with Crippen LogP contribution in [0.25, 0.3) is 0 Å². The van der Waals surface area contributed by atoms with E-state index in [1.54, 1.807) is 25.2 Å². The van der Waals surface area contributed by atoms with Crippen molar-refractivity contribution in [1.29, 1.82) is 0 Å². The Bertz CT molecular complexity index is 1470. The molecule has 1 heterocycles. The first-order valence-corrected chi connectivity index (χ1v) is 12.8. The molecule has 0 spiro atoms. The van der Waals surface area contributed by atoms with Gasteiger partial charge < -0.3 is 19.5 Å². The van der Waals surface area contributed by atoms with Crippen LogP contribution in [-0.2, 0) is 4.79 Å². The van der Waals surface area contributed by atoms with E-state index in [9.17, 15) is 9.59 Å². The molecule has 7 heteroatoms. The first-order valence-electron chi connectivity index (χ1n) is 12.8. The molecule has 0 saturated carbocycles. The molecule has 0 unspecified atom stereocenters. The Morgan fingerprint density at radius 2 is 1.44 bits per heavy atom. The van der Waals surface area contributed by atoms with Crippen LogP contribution in [0, 0.1) is 0 Å². The number of para-hydroxylation sites is 2. The van der Waals surface area contributed by atoms with E-state index in [0.717, 1.165) is 5.56 Å². The lowest BCUT2D eigenvalue weighted by molar-refractivity contribution is -0.118. The number of amides is 2. The van der Waals surface area contributed by atoms with Gasteiger partial charge in [0.25, 0.3) is 5.91 Å². The molecule has 0 aliphatic carbocycles. The van der Waals surface area contributed by atoms with Gasteiger partial charge in [0.1, 0.15) is 17.2 Å². The number of hydrogen-bond acceptors (Lipinski definition) is 5. The zero-order valence-corrected chi connectivity index (χ0v) is 22.1. The highest BCUT2D eigenvalue weighted by atomic mass is 16.5. The summed E-state index contributed by atoms with van der Waals surface area (Å²) in [4.78, 5) is 30.0. The number of methoxy groups -OCH3 is 2. The smallest absolute Gasteiger partial charge is 0.259 e. The predicted octanol–water partition coefficient (Wildman–Crippen LogP) is 6.23. The van der Waals surface area contributed by atoms with Crippen molar-refractivity contribution in [2.45, 2.75) is 18.9 Å². The van der Waals surface area contributed by atoms with Gasteiger partial charge in [0.15, 0.2) is 0 Å². The number of nitrogens with zero attached hydrogens (tertiary/aromatic N) is 1. The van der Waals surface area contributed by atoms with E-state index in [0.29, 0.717) is 46.4 Å². The molecule has 7 nitrogen and oxygen atoms in total. The topological polar surface area (TPSA) is 77.1 Å².